The second-order valence-electron chi connectivity index (χ2n) is 4.34. The minimum Gasteiger partial charge on any atom is -0.336 e. The van der Waals surface area contributed by atoms with Crippen LogP contribution in [0, 0.1) is 0 Å². The van der Waals surface area contributed by atoms with Crippen LogP contribution in [0.15, 0.2) is 48.9 Å². The zero-order chi connectivity index (χ0) is 13.9. The van der Waals surface area contributed by atoms with Gasteiger partial charge in [0.15, 0.2) is 6.29 Å². The van der Waals surface area contributed by atoms with E-state index in [-0.39, 0.29) is 0 Å². The molecular weight excluding hydrogens is 254 g/mol. The first kappa shape index (κ1) is 12.2. The van der Waals surface area contributed by atoms with Gasteiger partial charge in [-0.15, -0.1) is 0 Å². The highest BCUT2D eigenvalue weighted by Crippen LogP contribution is 2.21. The van der Waals surface area contributed by atoms with Gasteiger partial charge in [0.1, 0.15) is 11.5 Å². The molecule has 0 amide bonds. The number of hydrogen-bond acceptors (Lipinski definition) is 4. The fraction of sp³-hybridized carbons (Fsp3) is 0.0667. The molecular formula is C15H11N3O2. The Balaban J connectivity index is 2.14. The Kier molecular flexibility index (Phi) is 3.09. The number of fused-ring (bicyclic) bond motifs is 1. The maximum absolute atomic E-state index is 11.9. The minimum atomic E-state index is -0.540. The largest absolute Gasteiger partial charge is 0.336 e. The molecule has 0 atom stereocenters. The van der Waals surface area contributed by atoms with Crippen LogP contribution in [-0.4, -0.2) is 26.6 Å². The van der Waals surface area contributed by atoms with Crippen molar-refractivity contribution in [2.75, 3.05) is 0 Å². The standard InChI is InChI=1S/C15H11N3O2/c19-10-13(20)15-12-5-2-1-4-11(12)8-18(15)9-14-16-6-3-7-17-14/h1-8,10H,9H2. The Morgan fingerprint density at radius 1 is 1.15 bits per heavy atom. The van der Waals surface area contributed by atoms with Gasteiger partial charge >= 0.3 is 0 Å². The third-order valence-electron chi connectivity index (χ3n) is 3.07. The molecule has 5 nitrogen and oxygen atoms in total. The summed E-state index contributed by atoms with van der Waals surface area (Å²) in [6.45, 7) is 0.352. The molecule has 0 saturated carbocycles. The van der Waals surface area contributed by atoms with Crippen molar-refractivity contribution >= 4 is 22.8 Å². The van der Waals surface area contributed by atoms with E-state index in [1.54, 1.807) is 23.0 Å². The van der Waals surface area contributed by atoms with Gasteiger partial charge in [0, 0.05) is 29.4 Å². The molecule has 0 bridgehead atoms. The quantitative estimate of drug-likeness (QED) is 0.410. The molecule has 0 spiro atoms. The molecule has 98 valence electrons. The minimum absolute atomic E-state index is 0.337. The summed E-state index contributed by atoms with van der Waals surface area (Å²) in [7, 11) is 0. The molecule has 2 aromatic heterocycles. The van der Waals surface area contributed by atoms with Crippen molar-refractivity contribution in [1.29, 1.82) is 0 Å². The van der Waals surface area contributed by atoms with Crippen molar-refractivity contribution in [3.63, 3.8) is 0 Å². The molecule has 0 unspecified atom stereocenters. The predicted octanol–water partition coefficient (Wildman–Crippen LogP) is 1.86. The Morgan fingerprint density at radius 3 is 2.65 bits per heavy atom. The Bertz CT molecular complexity index is 778. The predicted molar refractivity (Wildman–Crippen MR) is 73.5 cm³/mol. The van der Waals surface area contributed by atoms with Gasteiger partial charge in [0.05, 0.1) is 6.54 Å². The molecule has 20 heavy (non-hydrogen) atoms. The van der Waals surface area contributed by atoms with Gasteiger partial charge in [0.25, 0.3) is 0 Å². The number of hydrogen-bond donors (Lipinski definition) is 0. The molecule has 0 aliphatic carbocycles. The summed E-state index contributed by atoms with van der Waals surface area (Å²) in [5.41, 5.74) is 0.378. The summed E-state index contributed by atoms with van der Waals surface area (Å²) in [4.78, 5) is 31.0. The van der Waals surface area contributed by atoms with Gasteiger partial charge in [-0.3, -0.25) is 9.59 Å². The molecule has 5 heteroatoms. The van der Waals surface area contributed by atoms with E-state index >= 15 is 0 Å². The zero-order valence-electron chi connectivity index (χ0n) is 10.6. The van der Waals surface area contributed by atoms with E-state index in [2.05, 4.69) is 9.97 Å². The average Bonchev–Trinajstić information content (AvgIpc) is 2.85. The first-order valence-corrected chi connectivity index (χ1v) is 6.13. The maximum atomic E-state index is 11.9. The highest BCUT2D eigenvalue weighted by atomic mass is 16.2. The van der Waals surface area contributed by atoms with E-state index in [4.69, 9.17) is 0 Å². The summed E-state index contributed by atoms with van der Waals surface area (Å²) < 4.78 is 1.72. The molecule has 3 aromatic rings. The molecule has 0 radical (unpaired) electrons. The monoisotopic (exact) mass is 265 g/mol. The van der Waals surface area contributed by atoms with Crippen LogP contribution in [0.5, 0.6) is 0 Å². The zero-order valence-corrected chi connectivity index (χ0v) is 10.6. The van der Waals surface area contributed by atoms with Crippen LogP contribution >= 0.6 is 0 Å². The Labute approximate surface area is 114 Å². The van der Waals surface area contributed by atoms with Crippen LogP contribution in [0.4, 0.5) is 0 Å². The number of aldehydes is 1. The molecule has 3 rings (SSSR count). The molecule has 0 N–H and O–H groups in total. The first-order chi connectivity index (χ1) is 9.79. The lowest BCUT2D eigenvalue weighted by Crippen LogP contribution is -2.12. The average molecular weight is 265 g/mol. The highest BCUT2D eigenvalue weighted by molar-refractivity contribution is 6.35. The fourth-order valence-corrected chi connectivity index (χ4v) is 2.23. The van der Waals surface area contributed by atoms with E-state index in [1.165, 1.54) is 0 Å². The van der Waals surface area contributed by atoms with E-state index in [0.717, 1.165) is 10.8 Å². The maximum Gasteiger partial charge on any atom is 0.242 e. The Morgan fingerprint density at radius 2 is 1.90 bits per heavy atom. The van der Waals surface area contributed by atoms with Crippen molar-refractivity contribution in [3.8, 4) is 0 Å². The summed E-state index contributed by atoms with van der Waals surface area (Å²) in [6.07, 6.45) is 5.46. The molecule has 0 saturated heterocycles. The van der Waals surface area contributed by atoms with Crippen LogP contribution < -0.4 is 0 Å². The van der Waals surface area contributed by atoms with E-state index < -0.39 is 5.78 Å². The van der Waals surface area contributed by atoms with Gasteiger partial charge < -0.3 is 4.57 Å². The number of rotatable bonds is 4. The van der Waals surface area contributed by atoms with Gasteiger partial charge in [-0.05, 0) is 6.07 Å². The van der Waals surface area contributed by atoms with E-state index in [9.17, 15) is 9.59 Å². The van der Waals surface area contributed by atoms with Crippen molar-refractivity contribution in [2.24, 2.45) is 0 Å². The van der Waals surface area contributed by atoms with Crippen molar-refractivity contribution in [3.05, 3.63) is 60.4 Å². The van der Waals surface area contributed by atoms with Gasteiger partial charge in [-0.2, -0.15) is 0 Å². The number of Topliss-reactive ketones (excluding diaryl/α,β-unsaturated/α-hetero) is 1. The third kappa shape index (κ3) is 2.09. The van der Waals surface area contributed by atoms with Gasteiger partial charge in [-0.25, -0.2) is 9.97 Å². The Hall–Kier alpha value is -2.82. The van der Waals surface area contributed by atoms with Crippen molar-refractivity contribution in [2.45, 2.75) is 6.54 Å². The van der Waals surface area contributed by atoms with Crippen LogP contribution in [0.3, 0.4) is 0 Å². The number of ketones is 1. The lowest BCUT2D eigenvalue weighted by atomic mass is 10.1. The topological polar surface area (TPSA) is 64.8 Å². The van der Waals surface area contributed by atoms with Crippen molar-refractivity contribution < 1.29 is 9.59 Å². The molecule has 0 fully saturated rings. The van der Waals surface area contributed by atoms with Gasteiger partial charge in [-0.1, -0.05) is 24.3 Å². The number of carbonyl (C=O) groups excluding carboxylic acids is 2. The van der Waals surface area contributed by atoms with E-state index in [1.807, 2.05) is 30.5 Å². The third-order valence-corrected chi connectivity index (χ3v) is 3.07. The lowest BCUT2D eigenvalue weighted by Gasteiger charge is -2.05. The van der Waals surface area contributed by atoms with E-state index in [0.29, 0.717) is 24.3 Å². The summed E-state index contributed by atoms with van der Waals surface area (Å²) in [5, 5.41) is 1.68. The number of nitrogens with zero attached hydrogens (tertiary/aromatic N) is 3. The lowest BCUT2D eigenvalue weighted by molar-refractivity contribution is -0.104. The van der Waals surface area contributed by atoms with Crippen LogP contribution in [0.2, 0.25) is 0 Å². The smallest absolute Gasteiger partial charge is 0.242 e. The molecule has 2 heterocycles. The second-order valence-corrected chi connectivity index (χ2v) is 4.34. The second kappa shape index (κ2) is 5.05. The van der Waals surface area contributed by atoms with Gasteiger partial charge in [0.2, 0.25) is 5.78 Å². The van der Waals surface area contributed by atoms with Crippen LogP contribution in [0.1, 0.15) is 16.3 Å². The molecule has 0 aliphatic rings. The molecule has 0 aliphatic heterocycles. The number of carbonyl (C=O) groups is 2. The van der Waals surface area contributed by atoms with Crippen LogP contribution in [0.25, 0.3) is 10.8 Å². The first-order valence-electron chi connectivity index (χ1n) is 6.13. The van der Waals surface area contributed by atoms with Crippen molar-refractivity contribution in [1.82, 2.24) is 14.5 Å². The molecule has 1 aromatic carbocycles. The summed E-state index contributed by atoms with van der Waals surface area (Å²) in [6, 6.07) is 9.19. The van der Waals surface area contributed by atoms with Crippen LogP contribution in [-0.2, 0) is 11.3 Å². The SMILES string of the molecule is O=CC(=O)c1c2ccccc2cn1Cc1ncccn1. The number of aromatic nitrogens is 3. The summed E-state index contributed by atoms with van der Waals surface area (Å²) >= 11 is 0. The summed E-state index contributed by atoms with van der Waals surface area (Å²) in [5.74, 6) is 0.0508. The highest BCUT2D eigenvalue weighted by Gasteiger charge is 2.16. The number of benzene rings is 1. The fourth-order valence-electron chi connectivity index (χ4n) is 2.23. The normalized spacial score (nSPS) is 10.6.